The molecule has 0 aromatic rings. The second-order valence-electron chi connectivity index (χ2n) is 3.00. The lowest BCUT2D eigenvalue weighted by Gasteiger charge is -2.23. The van der Waals surface area contributed by atoms with E-state index in [-0.39, 0.29) is 0 Å². The zero-order valence-electron chi connectivity index (χ0n) is 7.03. The highest BCUT2D eigenvalue weighted by atomic mass is 32.2. The van der Waals surface area contributed by atoms with E-state index in [2.05, 4.69) is 20.6 Å². The van der Waals surface area contributed by atoms with Gasteiger partial charge in [-0.25, -0.2) is 5.01 Å². The van der Waals surface area contributed by atoms with E-state index < -0.39 is 0 Å². The predicted molar refractivity (Wildman–Crippen MR) is 54.1 cm³/mol. The molecule has 0 unspecified atom stereocenters. The van der Waals surface area contributed by atoms with Crippen LogP contribution >= 0.6 is 11.8 Å². The minimum absolute atomic E-state index is 0.701. The molecule has 3 aliphatic rings. The maximum Gasteiger partial charge on any atom is 0.153 e. The molecule has 0 aromatic carbocycles. The van der Waals surface area contributed by atoms with E-state index in [1.54, 1.807) is 11.8 Å². The van der Waals surface area contributed by atoms with Crippen molar-refractivity contribution in [1.29, 1.82) is 0 Å². The molecule has 1 N–H and O–H groups in total. The van der Waals surface area contributed by atoms with Crippen LogP contribution in [-0.4, -0.2) is 40.6 Å². The third-order valence-electron chi connectivity index (χ3n) is 2.14. The number of nitrogens with one attached hydrogen (secondary N) is 1. The van der Waals surface area contributed by atoms with E-state index >= 15 is 0 Å². The van der Waals surface area contributed by atoms with Crippen molar-refractivity contribution < 1.29 is 0 Å². The van der Waals surface area contributed by atoms with Crippen LogP contribution in [0.4, 0.5) is 0 Å². The van der Waals surface area contributed by atoms with Crippen LogP contribution in [0.25, 0.3) is 0 Å². The molecule has 3 rings (SSSR count). The lowest BCUT2D eigenvalue weighted by atomic mass is 10.2. The van der Waals surface area contributed by atoms with Gasteiger partial charge in [-0.05, 0) is 0 Å². The summed E-state index contributed by atoms with van der Waals surface area (Å²) in [5, 5.41) is 11.6. The van der Waals surface area contributed by atoms with E-state index in [0.717, 1.165) is 35.3 Å². The van der Waals surface area contributed by atoms with E-state index in [9.17, 15) is 0 Å². The topological polar surface area (TPSA) is 52.3 Å². The summed E-state index contributed by atoms with van der Waals surface area (Å²) in [5.41, 5.74) is 4.02. The molecule has 6 heteroatoms. The second kappa shape index (κ2) is 2.73. The first kappa shape index (κ1) is 7.37. The largest absolute Gasteiger partial charge is 0.287 e. The van der Waals surface area contributed by atoms with Crippen LogP contribution in [0.15, 0.2) is 15.2 Å². The number of nitrogens with zero attached hydrogens (tertiary/aromatic N) is 4. The summed E-state index contributed by atoms with van der Waals surface area (Å²) >= 11 is 1.79. The van der Waals surface area contributed by atoms with Gasteiger partial charge in [-0.3, -0.25) is 10.4 Å². The van der Waals surface area contributed by atoms with Crippen molar-refractivity contribution in [3.63, 3.8) is 0 Å². The summed E-state index contributed by atoms with van der Waals surface area (Å²) in [4.78, 5) is 4.44. The van der Waals surface area contributed by atoms with Gasteiger partial charge in [0.1, 0.15) is 11.7 Å². The van der Waals surface area contributed by atoms with Gasteiger partial charge >= 0.3 is 0 Å². The molecule has 68 valence electrons. The van der Waals surface area contributed by atoms with Crippen molar-refractivity contribution in [2.75, 3.05) is 19.0 Å². The fourth-order valence-corrected chi connectivity index (χ4v) is 2.35. The van der Waals surface area contributed by atoms with Crippen LogP contribution in [0, 0.1) is 0 Å². The number of thioether (sulfide) groups is 1. The average Bonchev–Trinajstić information content (AvgIpc) is 2.61. The van der Waals surface area contributed by atoms with E-state index in [4.69, 9.17) is 0 Å². The Labute approximate surface area is 80.0 Å². The molecule has 5 nitrogen and oxygen atoms in total. The highest BCUT2D eigenvalue weighted by molar-refractivity contribution is 8.15. The van der Waals surface area contributed by atoms with Crippen LogP contribution in [-0.2, 0) is 0 Å². The second-order valence-corrected chi connectivity index (χ2v) is 4.09. The highest BCUT2D eigenvalue weighted by Crippen LogP contribution is 2.20. The fourth-order valence-electron chi connectivity index (χ4n) is 1.52. The molecule has 0 amide bonds. The van der Waals surface area contributed by atoms with Gasteiger partial charge in [-0.15, -0.1) is 11.8 Å². The number of fused-ring (bicyclic) bond motifs is 2. The Morgan fingerprint density at radius 2 is 2.46 bits per heavy atom. The average molecular weight is 195 g/mol. The molecule has 3 heterocycles. The number of rotatable bonds is 0. The van der Waals surface area contributed by atoms with Gasteiger partial charge in [0.15, 0.2) is 5.84 Å². The van der Waals surface area contributed by atoms with Gasteiger partial charge in [0.2, 0.25) is 0 Å². The van der Waals surface area contributed by atoms with Gasteiger partial charge in [-0.2, -0.15) is 10.2 Å². The van der Waals surface area contributed by atoms with Gasteiger partial charge < -0.3 is 0 Å². The Hall–Kier alpha value is -1.04. The lowest BCUT2D eigenvalue weighted by molar-refractivity contribution is 0.446. The number of aliphatic imine (C=N–C) groups is 1. The van der Waals surface area contributed by atoms with Crippen LogP contribution < -0.4 is 5.43 Å². The first-order chi connectivity index (χ1) is 6.43. The zero-order chi connectivity index (χ0) is 8.67. The number of amidine groups is 1. The third-order valence-corrected chi connectivity index (χ3v) is 3.12. The Bertz CT molecular complexity index is 332. The molecular formula is C7H9N5S. The monoisotopic (exact) mass is 195 g/mol. The Kier molecular flexibility index (Phi) is 1.55. The van der Waals surface area contributed by atoms with Crippen LogP contribution in [0.3, 0.4) is 0 Å². The van der Waals surface area contributed by atoms with Crippen molar-refractivity contribution in [2.45, 2.75) is 6.42 Å². The van der Waals surface area contributed by atoms with E-state index in [1.807, 2.05) is 5.01 Å². The highest BCUT2D eigenvalue weighted by Gasteiger charge is 2.28. The van der Waals surface area contributed by atoms with Crippen molar-refractivity contribution in [3.05, 3.63) is 0 Å². The molecule has 0 bridgehead atoms. The summed E-state index contributed by atoms with van der Waals surface area (Å²) in [7, 11) is 0. The maximum atomic E-state index is 4.45. The predicted octanol–water partition coefficient (Wildman–Crippen LogP) is 0.0676. The van der Waals surface area contributed by atoms with Gasteiger partial charge in [0.05, 0.1) is 12.1 Å². The minimum atomic E-state index is 0.701. The molecule has 13 heavy (non-hydrogen) atoms. The number of hydrogen-bond acceptors (Lipinski definition) is 6. The molecule has 0 aromatic heterocycles. The molecular weight excluding hydrogens is 186 g/mol. The molecule has 0 atom stereocenters. The molecule has 0 saturated heterocycles. The molecule has 0 saturated carbocycles. The summed E-state index contributed by atoms with van der Waals surface area (Å²) < 4.78 is 0. The Morgan fingerprint density at radius 3 is 3.46 bits per heavy atom. The van der Waals surface area contributed by atoms with E-state index in [1.165, 1.54) is 0 Å². The van der Waals surface area contributed by atoms with E-state index in [0.29, 0.717) is 6.67 Å². The standard InChI is InChI=1S/C7H9N5S/c1-2-13-7-5(8-1)3-6-10-9-4-12(6)11-7/h9H,1-4H2. The molecule has 0 aliphatic carbocycles. The zero-order valence-corrected chi connectivity index (χ0v) is 7.84. The SMILES string of the molecule is C1CSC2=NN3CNN=C3CC2=N1. The van der Waals surface area contributed by atoms with Gasteiger partial charge in [0.25, 0.3) is 0 Å². The summed E-state index contributed by atoms with van der Waals surface area (Å²) in [6.07, 6.45) is 0.832. The molecule has 0 radical (unpaired) electrons. The van der Waals surface area contributed by atoms with Crippen molar-refractivity contribution in [1.82, 2.24) is 10.4 Å². The van der Waals surface area contributed by atoms with Gasteiger partial charge in [0, 0.05) is 12.3 Å². The fraction of sp³-hybridized carbons (Fsp3) is 0.571. The van der Waals surface area contributed by atoms with Gasteiger partial charge in [-0.1, -0.05) is 0 Å². The maximum absolute atomic E-state index is 4.45. The quantitative estimate of drug-likeness (QED) is 0.595. The summed E-state index contributed by atoms with van der Waals surface area (Å²) in [6.45, 7) is 1.62. The minimum Gasteiger partial charge on any atom is -0.287 e. The first-order valence-electron chi connectivity index (χ1n) is 4.25. The van der Waals surface area contributed by atoms with Crippen molar-refractivity contribution >= 4 is 28.4 Å². The normalized spacial score (nSPS) is 25.2. The molecule has 3 aliphatic heterocycles. The van der Waals surface area contributed by atoms with Crippen molar-refractivity contribution in [3.8, 4) is 0 Å². The summed E-state index contributed by atoms with van der Waals surface area (Å²) in [6, 6.07) is 0. The Morgan fingerprint density at radius 1 is 1.46 bits per heavy atom. The molecule has 0 fully saturated rings. The summed E-state index contributed by atoms with van der Waals surface area (Å²) in [5.74, 6) is 2.04. The first-order valence-corrected chi connectivity index (χ1v) is 5.24. The third kappa shape index (κ3) is 1.13. The van der Waals surface area contributed by atoms with Crippen LogP contribution in [0.2, 0.25) is 0 Å². The smallest absolute Gasteiger partial charge is 0.153 e. The van der Waals surface area contributed by atoms with Crippen molar-refractivity contribution in [2.24, 2.45) is 15.2 Å². The number of hydrazone groups is 2. The van der Waals surface area contributed by atoms with Crippen LogP contribution in [0.1, 0.15) is 6.42 Å². The molecule has 0 spiro atoms. The Balaban J connectivity index is 2.00. The lowest BCUT2D eigenvalue weighted by Crippen LogP contribution is -2.36. The number of hydrogen-bond donors (Lipinski definition) is 1. The van der Waals surface area contributed by atoms with Crippen LogP contribution in [0.5, 0.6) is 0 Å².